The lowest BCUT2D eigenvalue weighted by atomic mass is 10.0. The normalized spacial score (nSPS) is 15.6. The highest BCUT2D eigenvalue weighted by Crippen LogP contribution is 2.32. The fourth-order valence-electron chi connectivity index (χ4n) is 3.05. The maximum atomic E-state index is 12.4. The van der Waals surface area contributed by atoms with Gasteiger partial charge in [-0.05, 0) is 49.2 Å². The van der Waals surface area contributed by atoms with Crippen LogP contribution in [0.5, 0.6) is 11.5 Å². The summed E-state index contributed by atoms with van der Waals surface area (Å²) in [5.41, 5.74) is 2.42. The number of carbonyl (C=O) groups is 1. The van der Waals surface area contributed by atoms with E-state index in [4.69, 9.17) is 9.47 Å². The van der Waals surface area contributed by atoms with Crippen molar-refractivity contribution in [2.24, 2.45) is 0 Å². The maximum absolute atomic E-state index is 12.4. The molecular weight excluding hydrogens is 328 g/mol. The Hall–Kier alpha value is -3.08. The van der Waals surface area contributed by atoms with Crippen molar-refractivity contribution < 1.29 is 14.3 Å². The molecule has 0 radical (unpaired) electrons. The summed E-state index contributed by atoms with van der Waals surface area (Å²) < 4.78 is 11.6. The molecule has 5 nitrogen and oxygen atoms in total. The third-order valence-electron chi connectivity index (χ3n) is 4.46. The van der Waals surface area contributed by atoms with Crippen molar-refractivity contribution in [2.45, 2.75) is 25.4 Å². The van der Waals surface area contributed by atoms with Crippen LogP contribution in [-0.2, 0) is 0 Å². The number of Topliss-reactive ketones (excluding diaryl/α,β-unsaturated/α-hetero) is 1. The standard InChI is InChI=1S/C21H20N2O3/c24-19(15-10-11-18(23-13-15)17-6-4-12-22-17)7-3-5-16-14-25-20-8-1-2-9-21(20)26-16/h1-2,4,6,8-13,16,22H,3,5,7,14H2. The SMILES string of the molecule is O=C(CCCC1COc2ccccc2O1)c1ccc(-c2ccc[nH]2)nc1. The summed E-state index contributed by atoms with van der Waals surface area (Å²) in [5.74, 6) is 1.67. The lowest BCUT2D eigenvalue weighted by Gasteiger charge is -2.26. The van der Waals surface area contributed by atoms with Crippen LogP contribution in [0.15, 0.2) is 60.9 Å². The number of ether oxygens (including phenoxy) is 2. The number of rotatable bonds is 6. The van der Waals surface area contributed by atoms with E-state index in [0.717, 1.165) is 35.7 Å². The van der Waals surface area contributed by atoms with Crippen molar-refractivity contribution in [3.63, 3.8) is 0 Å². The van der Waals surface area contributed by atoms with E-state index >= 15 is 0 Å². The van der Waals surface area contributed by atoms with Gasteiger partial charge >= 0.3 is 0 Å². The van der Waals surface area contributed by atoms with Crippen molar-refractivity contribution in [3.8, 4) is 22.9 Å². The minimum absolute atomic E-state index is 0.00826. The minimum atomic E-state index is -0.00826. The molecule has 0 spiro atoms. The van der Waals surface area contributed by atoms with Gasteiger partial charge in [-0.25, -0.2) is 0 Å². The first-order valence-corrected chi connectivity index (χ1v) is 8.81. The van der Waals surface area contributed by atoms with E-state index in [1.165, 1.54) is 0 Å². The van der Waals surface area contributed by atoms with Crippen molar-refractivity contribution in [1.29, 1.82) is 0 Å². The van der Waals surface area contributed by atoms with Crippen LogP contribution >= 0.6 is 0 Å². The van der Waals surface area contributed by atoms with Crippen LogP contribution in [0.1, 0.15) is 29.6 Å². The van der Waals surface area contributed by atoms with Crippen LogP contribution < -0.4 is 9.47 Å². The first kappa shape index (κ1) is 16.4. The summed E-state index contributed by atoms with van der Waals surface area (Å²) in [4.78, 5) is 19.8. The van der Waals surface area contributed by atoms with Gasteiger partial charge in [-0.1, -0.05) is 12.1 Å². The van der Waals surface area contributed by atoms with Crippen LogP contribution in [0.25, 0.3) is 11.4 Å². The van der Waals surface area contributed by atoms with Gasteiger partial charge in [0.15, 0.2) is 17.3 Å². The number of fused-ring (bicyclic) bond motifs is 1. The molecule has 0 fully saturated rings. The molecule has 3 aromatic rings. The summed E-state index contributed by atoms with van der Waals surface area (Å²) in [5, 5.41) is 0. The Morgan fingerprint density at radius 2 is 2.00 bits per heavy atom. The Labute approximate surface area is 152 Å². The molecule has 0 saturated carbocycles. The molecule has 4 rings (SSSR count). The van der Waals surface area contributed by atoms with E-state index in [0.29, 0.717) is 18.6 Å². The summed E-state index contributed by atoms with van der Waals surface area (Å²) in [6, 6.07) is 15.2. The molecule has 1 aliphatic heterocycles. The number of carbonyl (C=O) groups excluding carboxylic acids is 1. The number of pyridine rings is 1. The number of hydrogen-bond donors (Lipinski definition) is 1. The third kappa shape index (κ3) is 3.61. The summed E-state index contributed by atoms with van der Waals surface area (Å²) in [6.07, 6.45) is 5.51. The van der Waals surface area contributed by atoms with Gasteiger partial charge in [0.05, 0.1) is 11.4 Å². The molecule has 1 aromatic carbocycles. The second kappa shape index (κ2) is 7.44. The Morgan fingerprint density at radius 3 is 2.77 bits per heavy atom. The topological polar surface area (TPSA) is 64.2 Å². The average molecular weight is 348 g/mol. The number of aromatic amines is 1. The fraction of sp³-hybridized carbons (Fsp3) is 0.238. The summed E-state index contributed by atoms with van der Waals surface area (Å²) >= 11 is 0. The average Bonchev–Trinajstić information content (AvgIpc) is 3.23. The highest BCUT2D eigenvalue weighted by atomic mass is 16.6. The fourth-order valence-corrected chi connectivity index (χ4v) is 3.05. The van der Waals surface area contributed by atoms with Crippen molar-refractivity contribution >= 4 is 5.78 Å². The molecule has 26 heavy (non-hydrogen) atoms. The van der Waals surface area contributed by atoms with Crippen LogP contribution in [0.4, 0.5) is 0 Å². The van der Waals surface area contributed by atoms with E-state index in [-0.39, 0.29) is 11.9 Å². The van der Waals surface area contributed by atoms with Crippen molar-refractivity contribution in [1.82, 2.24) is 9.97 Å². The summed E-state index contributed by atoms with van der Waals surface area (Å²) in [6.45, 7) is 0.525. The first-order chi connectivity index (χ1) is 12.8. The van der Waals surface area contributed by atoms with Gasteiger partial charge in [0.1, 0.15) is 12.7 Å². The van der Waals surface area contributed by atoms with Gasteiger partial charge < -0.3 is 14.5 Å². The zero-order valence-corrected chi connectivity index (χ0v) is 14.4. The van der Waals surface area contributed by atoms with E-state index in [1.807, 2.05) is 54.7 Å². The molecular formula is C21H20N2O3. The Morgan fingerprint density at radius 1 is 1.12 bits per heavy atom. The smallest absolute Gasteiger partial charge is 0.164 e. The Bertz CT molecular complexity index is 873. The van der Waals surface area contributed by atoms with Gasteiger partial charge in [-0.2, -0.15) is 0 Å². The lowest BCUT2D eigenvalue weighted by molar-refractivity contribution is 0.0805. The number of H-pyrrole nitrogens is 1. The van der Waals surface area contributed by atoms with E-state index in [2.05, 4.69) is 9.97 Å². The molecule has 0 saturated heterocycles. The lowest BCUT2D eigenvalue weighted by Crippen LogP contribution is -2.29. The van der Waals surface area contributed by atoms with Gasteiger partial charge in [0.2, 0.25) is 0 Å². The zero-order valence-electron chi connectivity index (χ0n) is 14.4. The molecule has 2 aromatic heterocycles. The zero-order chi connectivity index (χ0) is 17.8. The molecule has 5 heteroatoms. The predicted molar refractivity (Wildman–Crippen MR) is 98.6 cm³/mol. The Kier molecular flexibility index (Phi) is 4.69. The highest BCUT2D eigenvalue weighted by Gasteiger charge is 2.20. The number of para-hydroxylation sites is 2. The van der Waals surface area contributed by atoms with E-state index in [9.17, 15) is 4.79 Å². The quantitative estimate of drug-likeness (QED) is 0.676. The second-order valence-corrected chi connectivity index (χ2v) is 6.33. The van der Waals surface area contributed by atoms with Gasteiger partial charge in [-0.15, -0.1) is 0 Å². The molecule has 1 atom stereocenters. The van der Waals surface area contributed by atoms with Gasteiger partial charge in [-0.3, -0.25) is 9.78 Å². The van der Waals surface area contributed by atoms with Crippen LogP contribution in [-0.4, -0.2) is 28.5 Å². The van der Waals surface area contributed by atoms with E-state index in [1.54, 1.807) is 6.20 Å². The molecule has 3 heterocycles. The largest absolute Gasteiger partial charge is 0.486 e. The number of nitrogens with one attached hydrogen (secondary N) is 1. The number of benzene rings is 1. The molecule has 0 bridgehead atoms. The molecule has 0 amide bonds. The van der Waals surface area contributed by atoms with Crippen LogP contribution in [0, 0.1) is 0 Å². The molecule has 1 aliphatic rings. The monoisotopic (exact) mass is 348 g/mol. The Balaban J connectivity index is 1.28. The van der Waals surface area contributed by atoms with E-state index < -0.39 is 0 Å². The molecule has 1 N–H and O–H groups in total. The van der Waals surface area contributed by atoms with Gasteiger partial charge in [0.25, 0.3) is 0 Å². The molecule has 1 unspecified atom stereocenters. The molecule has 0 aliphatic carbocycles. The first-order valence-electron chi connectivity index (χ1n) is 8.81. The number of aromatic nitrogens is 2. The number of nitrogens with zero attached hydrogens (tertiary/aromatic N) is 1. The minimum Gasteiger partial charge on any atom is -0.486 e. The number of hydrogen-bond acceptors (Lipinski definition) is 4. The van der Waals surface area contributed by atoms with Gasteiger partial charge in [0, 0.05) is 24.4 Å². The maximum Gasteiger partial charge on any atom is 0.164 e. The molecule has 132 valence electrons. The van der Waals surface area contributed by atoms with Crippen molar-refractivity contribution in [3.05, 3.63) is 66.5 Å². The highest BCUT2D eigenvalue weighted by molar-refractivity contribution is 5.95. The predicted octanol–water partition coefficient (Wildman–Crippen LogP) is 4.27. The summed E-state index contributed by atoms with van der Waals surface area (Å²) in [7, 11) is 0. The van der Waals surface area contributed by atoms with Crippen LogP contribution in [0.2, 0.25) is 0 Å². The number of ketones is 1. The second-order valence-electron chi connectivity index (χ2n) is 6.33. The van der Waals surface area contributed by atoms with Crippen LogP contribution in [0.3, 0.4) is 0 Å². The third-order valence-corrected chi connectivity index (χ3v) is 4.46. The van der Waals surface area contributed by atoms with Crippen molar-refractivity contribution in [2.75, 3.05) is 6.61 Å².